The van der Waals surface area contributed by atoms with Crippen LogP contribution in [0.1, 0.15) is 32.6 Å². The SMILES string of the molecule is C=CCC(CCCC)Oc1ccccc1. The largest absolute Gasteiger partial charge is 0.490 e. The van der Waals surface area contributed by atoms with E-state index in [9.17, 15) is 0 Å². The van der Waals surface area contributed by atoms with Gasteiger partial charge in [0.2, 0.25) is 0 Å². The molecule has 1 unspecified atom stereocenters. The van der Waals surface area contributed by atoms with Gasteiger partial charge in [0, 0.05) is 6.42 Å². The summed E-state index contributed by atoms with van der Waals surface area (Å²) in [6.07, 6.45) is 6.68. The normalized spacial score (nSPS) is 12.1. The molecule has 82 valence electrons. The first kappa shape index (κ1) is 11.8. The van der Waals surface area contributed by atoms with E-state index in [0.29, 0.717) is 0 Å². The standard InChI is InChI=1S/C14H20O/c1-3-5-10-13(9-4-2)15-14-11-7-6-8-12-14/h4,6-8,11-13H,2-3,5,9-10H2,1H3. The highest BCUT2D eigenvalue weighted by atomic mass is 16.5. The fourth-order valence-corrected chi connectivity index (χ4v) is 1.53. The molecular formula is C14H20O. The van der Waals surface area contributed by atoms with E-state index in [0.717, 1.165) is 18.6 Å². The molecule has 0 bridgehead atoms. The molecule has 0 aliphatic carbocycles. The second-order valence-electron chi connectivity index (χ2n) is 3.72. The lowest BCUT2D eigenvalue weighted by molar-refractivity contribution is 0.191. The first-order chi connectivity index (χ1) is 7.36. The minimum absolute atomic E-state index is 0.282. The molecule has 1 atom stereocenters. The van der Waals surface area contributed by atoms with E-state index in [-0.39, 0.29) is 6.10 Å². The predicted molar refractivity (Wildman–Crippen MR) is 65.2 cm³/mol. The summed E-state index contributed by atoms with van der Waals surface area (Å²) >= 11 is 0. The van der Waals surface area contributed by atoms with E-state index in [1.54, 1.807) is 0 Å². The molecule has 0 amide bonds. The molecule has 1 aromatic rings. The number of rotatable bonds is 7. The van der Waals surface area contributed by atoms with Gasteiger partial charge in [0.1, 0.15) is 11.9 Å². The van der Waals surface area contributed by atoms with Crippen LogP contribution in [0, 0.1) is 0 Å². The van der Waals surface area contributed by atoms with Crippen molar-refractivity contribution in [2.45, 2.75) is 38.7 Å². The van der Waals surface area contributed by atoms with Gasteiger partial charge in [-0.15, -0.1) is 6.58 Å². The third kappa shape index (κ3) is 4.68. The average molecular weight is 204 g/mol. The van der Waals surface area contributed by atoms with E-state index < -0.39 is 0 Å². The van der Waals surface area contributed by atoms with Gasteiger partial charge in [-0.05, 0) is 18.6 Å². The van der Waals surface area contributed by atoms with Crippen LogP contribution in [0.5, 0.6) is 5.75 Å². The fourth-order valence-electron chi connectivity index (χ4n) is 1.53. The van der Waals surface area contributed by atoms with Crippen LogP contribution in [-0.2, 0) is 0 Å². The summed E-state index contributed by atoms with van der Waals surface area (Å²) in [4.78, 5) is 0. The van der Waals surface area contributed by atoms with Crippen LogP contribution in [0.3, 0.4) is 0 Å². The highest BCUT2D eigenvalue weighted by Gasteiger charge is 2.07. The number of para-hydroxylation sites is 1. The first-order valence-corrected chi connectivity index (χ1v) is 5.69. The first-order valence-electron chi connectivity index (χ1n) is 5.69. The Morgan fingerprint density at radius 3 is 2.67 bits per heavy atom. The second kappa shape index (κ2) is 7.10. The summed E-state index contributed by atoms with van der Waals surface area (Å²) in [6, 6.07) is 10.0. The van der Waals surface area contributed by atoms with Gasteiger partial charge < -0.3 is 4.74 Å². The van der Waals surface area contributed by atoms with Crippen molar-refractivity contribution in [3.05, 3.63) is 43.0 Å². The zero-order valence-electron chi connectivity index (χ0n) is 9.49. The molecule has 1 rings (SSSR count). The van der Waals surface area contributed by atoms with Gasteiger partial charge in [-0.1, -0.05) is 44.0 Å². The van der Waals surface area contributed by atoms with Crippen molar-refractivity contribution in [1.29, 1.82) is 0 Å². The summed E-state index contributed by atoms with van der Waals surface area (Å²) in [5.41, 5.74) is 0. The lowest BCUT2D eigenvalue weighted by Gasteiger charge is -2.17. The lowest BCUT2D eigenvalue weighted by Crippen LogP contribution is -2.15. The molecule has 0 N–H and O–H groups in total. The molecule has 0 saturated heterocycles. The van der Waals surface area contributed by atoms with Crippen LogP contribution in [-0.4, -0.2) is 6.10 Å². The van der Waals surface area contributed by atoms with Crippen LogP contribution in [0.2, 0.25) is 0 Å². The molecule has 1 heteroatoms. The van der Waals surface area contributed by atoms with Crippen molar-refractivity contribution in [3.63, 3.8) is 0 Å². The van der Waals surface area contributed by atoms with Gasteiger partial charge >= 0.3 is 0 Å². The summed E-state index contributed by atoms with van der Waals surface area (Å²) in [5.74, 6) is 0.959. The molecule has 1 nitrogen and oxygen atoms in total. The maximum Gasteiger partial charge on any atom is 0.119 e. The van der Waals surface area contributed by atoms with Crippen molar-refractivity contribution in [2.24, 2.45) is 0 Å². The fraction of sp³-hybridized carbons (Fsp3) is 0.429. The van der Waals surface area contributed by atoms with E-state index in [2.05, 4.69) is 13.5 Å². The molecule has 1 aromatic carbocycles. The molecule has 15 heavy (non-hydrogen) atoms. The Labute approximate surface area is 92.8 Å². The van der Waals surface area contributed by atoms with Gasteiger partial charge in [-0.3, -0.25) is 0 Å². The Morgan fingerprint density at radius 1 is 1.33 bits per heavy atom. The van der Waals surface area contributed by atoms with Crippen molar-refractivity contribution in [2.75, 3.05) is 0 Å². The smallest absolute Gasteiger partial charge is 0.119 e. The molecular weight excluding hydrogens is 184 g/mol. The zero-order chi connectivity index (χ0) is 10.9. The summed E-state index contributed by atoms with van der Waals surface area (Å²) in [7, 11) is 0. The van der Waals surface area contributed by atoms with E-state index >= 15 is 0 Å². The summed E-state index contributed by atoms with van der Waals surface area (Å²) in [5, 5.41) is 0. The molecule has 0 spiro atoms. The van der Waals surface area contributed by atoms with Crippen molar-refractivity contribution in [1.82, 2.24) is 0 Å². The minimum atomic E-state index is 0.282. The van der Waals surface area contributed by atoms with E-state index in [4.69, 9.17) is 4.74 Å². The number of benzene rings is 1. The number of hydrogen-bond acceptors (Lipinski definition) is 1. The zero-order valence-corrected chi connectivity index (χ0v) is 9.49. The van der Waals surface area contributed by atoms with Crippen LogP contribution >= 0.6 is 0 Å². The Hall–Kier alpha value is -1.24. The summed E-state index contributed by atoms with van der Waals surface area (Å²) < 4.78 is 5.89. The molecule has 0 saturated carbocycles. The number of hydrogen-bond donors (Lipinski definition) is 0. The van der Waals surface area contributed by atoms with Crippen LogP contribution in [0.25, 0.3) is 0 Å². The Balaban J connectivity index is 2.46. The minimum Gasteiger partial charge on any atom is -0.490 e. The lowest BCUT2D eigenvalue weighted by atomic mass is 10.1. The molecule has 0 aliphatic heterocycles. The van der Waals surface area contributed by atoms with Crippen LogP contribution in [0.4, 0.5) is 0 Å². The van der Waals surface area contributed by atoms with E-state index in [1.165, 1.54) is 12.8 Å². The summed E-state index contributed by atoms with van der Waals surface area (Å²) in [6.45, 7) is 5.97. The Bertz CT molecular complexity index is 266. The quantitative estimate of drug-likeness (QED) is 0.605. The maximum atomic E-state index is 5.89. The average Bonchev–Trinajstić information content (AvgIpc) is 2.28. The van der Waals surface area contributed by atoms with Crippen molar-refractivity contribution >= 4 is 0 Å². The highest BCUT2D eigenvalue weighted by Crippen LogP contribution is 2.16. The molecule has 0 aliphatic rings. The third-order valence-corrected chi connectivity index (χ3v) is 2.36. The predicted octanol–water partition coefficient (Wildman–Crippen LogP) is 4.20. The molecule has 0 heterocycles. The molecule has 0 aromatic heterocycles. The third-order valence-electron chi connectivity index (χ3n) is 2.36. The second-order valence-corrected chi connectivity index (χ2v) is 3.72. The van der Waals surface area contributed by atoms with Gasteiger partial charge in [0.25, 0.3) is 0 Å². The van der Waals surface area contributed by atoms with Crippen LogP contribution in [0.15, 0.2) is 43.0 Å². The highest BCUT2D eigenvalue weighted by molar-refractivity contribution is 5.21. The van der Waals surface area contributed by atoms with Crippen LogP contribution < -0.4 is 4.74 Å². The van der Waals surface area contributed by atoms with Crippen molar-refractivity contribution < 1.29 is 4.74 Å². The Kier molecular flexibility index (Phi) is 5.60. The Morgan fingerprint density at radius 2 is 2.07 bits per heavy atom. The van der Waals surface area contributed by atoms with E-state index in [1.807, 2.05) is 36.4 Å². The van der Waals surface area contributed by atoms with Gasteiger partial charge in [-0.2, -0.15) is 0 Å². The van der Waals surface area contributed by atoms with Crippen molar-refractivity contribution in [3.8, 4) is 5.75 Å². The molecule has 0 fully saturated rings. The maximum absolute atomic E-state index is 5.89. The molecule has 0 radical (unpaired) electrons. The topological polar surface area (TPSA) is 9.23 Å². The van der Waals surface area contributed by atoms with Gasteiger partial charge in [-0.25, -0.2) is 0 Å². The van der Waals surface area contributed by atoms with Gasteiger partial charge in [0.15, 0.2) is 0 Å². The monoisotopic (exact) mass is 204 g/mol. The van der Waals surface area contributed by atoms with Gasteiger partial charge in [0.05, 0.1) is 0 Å². The number of ether oxygens (including phenoxy) is 1. The number of unbranched alkanes of at least 4 members (excludes halogenated alkanes) is 1.